The highest BCUT2D eigenvalue weighted by atomic mass is 16.5. The number of Topliss-reactive ketones (excluding diaryl/α,β-unsaturated/α-hetero) is 1. The van der Waals surface area contributed by atoms with Gasteiger partial charge in [-0.3, -0.25) is 4.79 Å². The van der Waals surface area contributed by atoms with Crippen LogP contribution in [0.4, 0.5) is 0 Å². The van der Waals surface area contributed by atoms with Crippen LogP contribution < -0.4 is 10.4 Å². The van der Waals surface area contributed by atoms with Crippen LogP contribution in [0, 0.1) is 13.8 Å². The SMILES string of the molecule is Cc1cc(C(=O)[C@H](C)Oc2ccc3ccc(=O)oc3c2)c(C)n1-c1ccccc1. The number of aromatic nitrogens is 1. The van der Waals surface area contributed by atoms with Crippen molar-refractivity contribution in [3.63, 3.8) is 0 Å². The zero-order valence-electron chi connectivity index (χ0n) is 16.5. The number of ether oxygens (including phenoxy) is 1. The first-order valence-electron chi connectivity index (χ1n) is 9.43. The fraction of sp³-hybridized carbons (Fsp3) is 0.167. The first kappa shape index (κ1) is 18.7. The maximum atomic E-state index is 13.1. The van der Waals surface area contributed by atoms with Crippen molar-refractivity contribution in [3.8, 4) is 11.4 Å². The Morgan fingerprint density at radius 2 is 1.72 bits per heavy atom. The Kier molecular flexibility index (Phi) is 4.80. The molecule has 0 saturated carbocycles. The molecule has 2 aromatic heterocycles. The Balaban J connectivity index is 1.61. The Morgan fingerprint density at radius 3 is 2.48 bits per heavy atom. The van der Waals surface area contributed by atoms with E-state index in [1.54, 1.807) is 31.2 Å². The third-order valence-electron chi connectivity index (χ3n) is 4.99. The van der Waals surface area contributed by atoms with Crippen molar-refractivity contribution < 1.29 is 13.9 Å². The van der Waals surface area contributed by atoms with Gasteiger partial charge in [-0.05, 0) is 57.2 Å². The van der Waals surface area contributed by atoms with Crippen molar-refractivity contribution in [1.29, 1.82) is 0 Å². The predicted octanol–water partition coefficient (Wildman–Crippen LogP) is 4.85. The van der Waals surface area contributed by atoms with Crippen molar-refractivity contribution in [2.45, 2.75) is 26.9 Å². The minimum absolute atomic E-state index is 0.102. The van der Waals surface area contributed by atoms with Crippen molar-refractivity contribution >= 4 is 16.8 Å². The predicted molar refractivity (Wildman–Crippen MR) is 112 cm³/mol. The zero-order valence-corrected chi connectivity index (χ0v) is 16.5. The topological polar surface area (TPSA) is 61.4 Å². The van der Waals surface area contributed by atoms with Crippen LogP contribution in [0.1, 0.15) is 28.7 Å². The van der Waals surface area contributed by atoms with E-state index in [9.17, 15) is 9.59 Å². The van der Waals surface area contributed by atoms with Crippen LogP contribution in [0.25, 0.3) is 16.7 Å². The molecule has 29 heavy (non-hydrogen) atoms. The number of rotatable bonds is 5. The molecule has 4 aromatic rings. The highest BCUT2D eigenvalue weighted by Gasteiger charge is 2.23. The van der Waals surface area contributed by atoms with Crippen LogP contribution in [0.3, 0.4) is 0 Å². The molecule has 0 aliphatic rings. The molecule has 0 bridgehead atoms. The van der Waals surface area contributed by atoms with Gasteiger partial charge in [-0.1, -0.05) is 18.2 Å². The van der Waals surface area contributed by atoms with E-state index in [4.69, 9.17) is 9.15 Å². The number of nitrogens with zero attached hydrogens (tertiary/aromatic N) is 1. The summed E-state index contributed by atoms with van der Waals surface area (Å²) in [5.74, 6) is 0.374. The lowest BCUT2D eigenvalue weighted by atomic mass is 10.1. The Hall–Kier alpha value is -3.60. The largest absolute Gasteiger partial charge is 0.482 e. The lowest BCUT2D eigenvalue weighted by molar-refractivity contribution is 0.0817. The molecule has 0 unspecified atom stereocenters. The van der Waals surface area contributed by atoms with Crippen LogP contribution in [0.5, 0.6) is 5.75 Å². The minimum Gasteiger partial charge on any atom is -0.482 e. The quantitative estimate of drug-likeness (QED) is 0.363. The van der Waals surface area contributed by atoms with Gasteiger partial charge in [0.2, 0.25) is 5.78 Å². The second-order valence-electron chi connectivity index (χ2n) is 7.03. The van der Waals surface area contributed by atoms with Gasteiger partial charge in [0.25, 0.3) is 0 Å². The Morgan fingerprint density at radius 1 is 1.00 bits per heavy atom. The number of aryl methyl sites for hydroxylation is 1. The van der Waals surface area contributed by atoms with Gasteiger partial charge >= 0.3 is 5.63 Å². The molecule has 0 fully saturated rings. The average Bonchev–Trinajstić information content (AvgIpc) is 3.01. The maximum Gasteiger partial charge on any atom is 0.336 e. The fourth-order valence-corrected chi connectivity index (χ4v) is 3.58. The zero-order chi connectivity index (χ0) is 20.5. The second-order valence-corrected chi connectivity index (χ2v) is 7.03. The van der Waals surface area contributed by atoms with Gasteiger partial charge in [-0.15, -0.1) is 0 Å². The summed E-state index contributed by atoms with van der Waals surface area (Å²) >= 11 is 0. The van der Waals surface area contributed by atoms with E-state index in [1.807, 2.05) is 50.2 Å². The number of carbonyl (C=O) groups excluding carboxylic acids is 1. The van der Waals surface area contributed by atoms with E-state index in [-0.39, 0.29) is 5.78 Å². The van der Waals surface area contributed by atoms with E-state index < -0.39 is 11.7 Å². The highest BCUT2D eigenvalue weighted by molar-refractivity contribution is 6.01. The molecular formula is C24H21NO4. The van der Waals surface area contributed by atoms with Gasteiger partial charge in [0.15, 0.2) is 6.10 Å². The molecule has 0 radical (unpaired) electrons. The Bertz CT molecular complexity index is 1250. The molecule has 4 rings (SSSR count). The molecule has 2 aromatic carbocycles. The van der Waals surface area contributed by atoms with Crippen LogP contribution in [0.2, 0.25) is 0 Å². The van der Waals surface area contributed by atoms with E-state index in [1.165, 1.54) is 6.07 Å². The van der Waals surface area contributed by atoms with Gasteiger partial charge in [-0.2, -0.15) is 0 Å². The molecule has 5 nitrogen and oxygen atoms in total. The summed E-state index contributed by atoms with van der Waals surface area (Å²) < 4.78 is 13.1. The van der Waals surface area contributed by atoms with Gasteiger partial charge in [0.05, 0.1) is 0 Å². The van der Waals surface area contributed by atoms with Gasteiger partial charge < -0.3 is 13.7 Å². The van der Waals surface area contributed by atoms with Crippen molar-refractivity contribution in [2.75, 3.05) is 0 Å². The number of hydrogen-bond acceptors (Lipinski definition) is 4. The number of fused-ring (bicyclic) bond motifs is 1. The molecule has 0 aliphatic heterocycles. The molecular weight excluding hydrogens is 366 g/mol. The van der Waals surface area contributed by atoms with Crippen LogP contribution in [0.15, 0.2) is 75.9 Å². The molecule has 0 saturated heterocycles. The number of para-hydroxylation sites is 1. The van der Waals surface area contributed by atoms with Crippen molar-refractivity contribution in [2.24, 2.45) is 0 Å². The summed E-state index contributed by atoms with van der Waals surface area (Å²) in [6, 6.07) is 20.1. The van der Waals surface area contributed by atoms with Crippen molar-refractivity contribution in [3.05, 3.63) is 94.1 Å². The standard InChI is InChI=1S/C24H21NO4/c1-15-13-21(16(2)25(15)19-7-5-4-6-8-19)24(27)17(3)28-20-11-9-18-10-12-23(26)29-22(18)14-20/h4-14,17H,1-3H3/t17-/m0/s1. The highest BCUT2D eigenvalue weighted by Crippen LogP contribution is 2.24. The number of benzene rings is 2. The summed E-state index contributed by atoms with van der Waals surface area (Å²) in [6.07, 6.45) is -0.687. The summed E-state index contributed by atoms with van der Waals surface area (Å²) in [7, 11) is 0. The molecule has 0 spiro atoms. The Labute approximate surface area is 168 Å². The molecule has 5 heteroatoms. The lowest BCUT2D eigenvalue weighted by Gasteiger charge is -2.14. The third-order valence-corrected chi connectivity index (χ3v) is 4.99. The van der Waals surface area contributed by atoms with Crippen LogP contribution in [-0.2, 0) is 0 Å². The van der Waals surface area contributed by atoms with Gasteiger partial charge in [-0.25, -0.2) is 4.79 Å². The molecule has 2 heterocycles. The molecule has 1 atom stereocenters. The fourth-order valence-electron chi connectivity index (χ4n) is 3.58. The molecule has 0 amide bonds. The minimum atomic E-state index is -0.687. The maximum absolute atomic E-state index is 13.1. The number of ketones is 1. The average molecular weight is 387 g/mol. The summed E-state index contributed by atoms with van der Waals surface area (Å²) in [5.41, 5.74) is 3.50. The van der Waals surface area contributed by atoms with E-state index in [0.29, 0.717) is 16.9 Å². The van der Waals surface area contributed by atoms with Crippen LogP contribution >= 0.6 is 0 Å². The van der Waals surface area contributed by atoms with E-state index in [0.717, 1.165) is 22.5 Å². The van der Waals surface area contributed by atoms with Gasteiger partial charge in [0.1, 0.15) is 11.3 Å². The summed E-state index contributed by atoms with van der Waals surface area (Å²) in [5, 5.41) is 0.794. The first-order chi connectivity index (χ1) is 13.9. The summed E-state index contributed by atoms with van der Waals surface area (Å²) in [4.78, 5) is 24.5. The normalized spacial score (nSPS) is 12.1. The van der Waals surface area contributed by atoms with Crippen molar-refractivity contribution in [1.82, 2.24) is 4.57 Å². The number of carbonyl (C=O) groups is 1. The molecule has 0 N–H and O–H groups in total. The molecule has 146 valence electrons. The van der Waals surface area contributed by atoms with Crippen LogP contribution in [-0.4, -0.2) is 16.5 Å². The monoisotopic (exact) mass is 387 g/mol. The lowest BCUT2D eigenvalue weighted by Crippen LogP contribution is -2.24. The van der Waals surface area contributed by atoms with E-state index in [2.05, 4.69) is 4.57 Å². The smallest absolute Gasteiger partial charge is 0.336 e. The van der Waals surface area contributed by atoms with E-state index >= 15 is 0 Å². The number of hydrogen-bond donors (Lipinski definition) is 0. The third kappa shape index (κ3) is 3.59. The second kappa shape index (κ2) is 7.43. The first-order valence-corrected chi connectivity index (χ1v) is 9.43. The van der Waals surface area contributed by atoms with Gasteiger partial charge in [0, 0.05) is 40.2 Å². The molecule has 0 aliphatic carbocycles. The summed E-state index contributed by atoms with van der Waals surface area (Å²) in [6.45, 7) is 5.64.